The van der Waals surface area contributed by atoms with E-state index in [1.165, 1.54) is 6.20 Å². The monoisotopic (exact) mass is 301 g/mol. The average molecular weight is 301 g/mol. The van der Waals surface area contributed by atoms with E-state index < -0.39 is 10.0 Å². The van der Waals surface area contributed by atoms with Crippen LogP contribution in [0.25, 0.3) is 0 Å². The van der Waals surface area contributed by atoms with Crippen LogP contribution in [0, 0.1) is 12.8 Å². The molecule has 0 aliphatic rings. The van der Waals surface area contributed by atoms with Crippen molar-refractivity contribution < 1.29 is 8.42 Å². The largest absolute Gasteiger partial charge is 0.269 e. The molecule has 0 saturated carbocycles. The van der Waals surface area contributed by atoms with E-state index in [4.69, 9.17) is 0 Å². The molecule has 6 heteroatoms. The molecule has 1 rings (SSSR count). The van der Waals surface area contributed by atoms with Crippen LogP contribution < -0.4 is 4.72 Å². The summed E-state index contributed by atoms with van der Waals surface area (Å²) in [4.78, 5) is 0.287. The Hall–Kier alpha value is -0.880. The molecule has 1 unspecified atom stereocenters. The van der Waals surface area contributed by atoms with Crippen molar-refractivity contribution in [1.82, 2.24) is 14.5 Å². The highest BCUT2D eigenvalue weighted by molar-refractivity contribution is 7.89. The third kappa shape index (κ3) is 4.59. The Bertz CT molecular complexity index is 521. The molecule has 0 fully saturated rings. The molecule has 1 aromatic heterocycles. The lowest BCUT2D eigenvalue weighted by Crippen LogP contribution is -2.32. The summed E-state index contributed by atoms with van der Waals surface area (Å²) in [6, 6.07) is -0.0527. The van der Waals surface area contributed by atoms with Crippen LogP contribution in [0.15, 0.2) is 11.1 Å². The van der Waals surface area contributed by atoms with Crippen molar-refractivity contribution in [3.63, 3.8) is 0 Å². The molecule has 1 atom stereocenters. The van der Waals surface area contributed by atoms with Crippen molar-refractivity contribution >= 4 is 10.0 Å². The highest BCUT2D eigenvalue weighted by atomic mass is 32.2. The fraction of sp³-hybridized carbons (Fsp3) is 0.786. The Morgan fingerprint density at radius 2 is 1.95 bits per heavy atom. The van der Waals surface area contributed by atoms with Crippen LogP contribution in [0.5, 0.6) is 0 Å². The van der Waals surface area contributed by atoms with Gasteiger partial charge in [0.1, 0.15) is 4.90 Å². The molecule has 1 aromatic rings. The van der Waals surface area contributed by atoms with Gasteiger partial charge in [-0.15, -0.1) is 0 Å². The molecule has 0 amide bonds. The van der Waals surface area contributed by atoms with Crippen molar-refractivity contribution in [1.29, 1.82) is 0 Å². The minimum absolute atomic E-state index is 0.0527. The molecule has 1 N–H and O–H groups in total. The quantitative estimate of drug-likeness (QED) is 0.803. The summed E-state index contributed by atoms with van der Waals surface area (Å²) < 4.78 is 29.1. The fourth-order valence-electron chi connectivity index (χ4n) is 2.23. The van der Waals surface area contributed by atoms with Crippen LogP contribution in [-0.4, -0.2) is 24.2 Å². The van der Waals surface area contributed by atoms with Crippen LogP contribution in [-0.2, 0) is 16.6 Å². The van der Waals surface area contributed by atoms with Crippen LogP contribution >= 0.6 is 0 Å². The van der Waals surface area contributed by atoms with Gasteiger partial charge in [0, 0.05) is 12.6 Å². The summed E-state index contributed by atoms with van der Waals surface area (Å²) in [7, 11) is -3.46. The Balaban J connectivity index is 2.67. The van der Waals surface area contributed by atoms with Gasteiger partial charge < -0.3 is 0 Å². The van der Waals surface area contributed by atoms with Gasteiger partial charge in [-0.2, -0.15) is 5.10 Å². The first-order chi connectivity index (χ1) is 9.27. The van der Waals surface area contributed by atoms with Crippen molar-refractivity contribution in [2.45, 2.75) is 71.4 Å². The van der Waals surface area contributed by atoms with E-state index in [-0.39, 0.29) is 10.9 Å². The number of hydrogen-bond acceptors (Lipinski definition) is 3. The van der Waals surface area contributed by atoms with Gasteiger partial charge in [-0.3, -0.25) is 4.68 Å². The summed E-state index contributed by atoms with van der Waals surface area (Å²) in [5.41, 5.74) is 0.689. The molecule has 5 nitrogen and oxygen atoms in total. The molecule has 0 spiro atoms. The summed E-state index contributed by atoms with van der Waals surface area (Å²) >= 11 is 0. The topological polar surface area (TPSA) is 64.0 Å². The molecule has 0 bridgehead atoms. The lowest BCUT2D eigenvalue weighted by Gasteiger charge is -2.14. The Morgan fingerprint density at radius 1 is 1.30 bits per heavy atom. The predicted molar refractivity (Wildman–Crippen MR) is 81.1 cm³/mol. The van der Waals surface area contributed by atoms with Gasteiger partial charge in [0.25, 0.3) is 0 Å². The number of aromatic nitrogens is 2. The minimum Gasteiger partial charge on any atom is -0.269 e. The Morgan fingerprint density at radius 3 is 2.45 bits per heavy atom. The van der Waals surface area contributed by atoms with Crippen LogP contribution in [0.3, 0.4) is 0 Å². The maximum Gasteiger partial charge on any atom is 0.244 e. The van der Waals surface area contributed by atoms with Crippen LogP contribution in [0.1, 0.15) is 52.7 Å². The van der Waals surface area contributed by atoms with E-state index in [0.717, 1.165) is 19.3 Å². The first kappa shape index (κ1) is 17.2. The van der Waals surface area contributed by atoms with Gasteiger partial charge in [-0.05, 0) is 33.1 Å². The number of sulfonamides is 1. The van der Waals surface area contributed by atoms with Crippen LogP contribution in [0.4, 0.5) is 0 Å². The minimum atomic E-state index is -3.46. The van der Waals surface area contributed by atoms with E-state index in [1.807, 2.05) is 13.8 Å². The SMILES string of the molecule is CCn1ncc(S(=O)(=O)NC(C)CCCC(C)C)c1C. The summed E-state index contributed by atoms with van der Waals surface area (Å²) in [6.07, 6.45) is 4.45. The molecular weight excluding hydrogens is 274 g/mol. The molecule has 0 aromatic carbocycles. The Labute approximate surface area is 122 Å². The van der Waals surface area contributed by atoms with Gasteiger partial charge >= 0.3 is 0 Å². The van der Waals surface area contributed by atoms with E-state index in [1.54, 1.807) is 11.6 Å². The first-order valence-electron chi connectivity index (χ1n) is 7.32. The van der Waals surface area contributed by atoms with E-state index in [9.17, 15) is 8.42 Å². The average Bonchev–Trinajstić information content (AvgIpc) is 2.69. The van der Waals surface area contributed by atoms with Crippen LogP contribution in [0.2, 0.25) is 0 Å². The zero-order valence-electron chi connectivity index (χ0n) is 13.2. The maximum absolute atomic E-state index is 12.3. The van der Waals surface area contributed by atoms with Gasteiger partial charge in [0.15, 0.2) is 0 Å². The highest BCUT2D eigenvalue weighted by Crippen LogP contribution is 2.16. The standard InChI is InChI=1S/C14H27N3O2S/c1-6-17-13(5)14(10-15-17)20(18,19)16-12(4)9-7-8-11(2)3/h10-12,16H,6-9H2,1-5H3. The van der Waals surface area contributed by atoms with Crippen molar-refractivity contribution in [2.24, 2.45) is 5.92 Å². The number of hydrogen-bond donors (Lipinski definition) is 1. The molecular formula is C14H27N3O2S. The van der Waals surface area contributed by atoms with Crippen molar-refractivity contribution in [3.8, 4) is 0 Å². The third-order valence-corrected chi connectivity index (χ3v) is 5.11. The summed E-state index contributed by atoms with van der Waals surface area (Å²) in [5.74, 6) is 0.656. The molecule has 0 aliphatic carbocycles. The smallest absolute Gasteiger partial charge is 0.244 e. The molecule has 20 heavy (non-hydrogen) atoms. The molecule has 0 radical (unpaired) electrons. The maximum atomic E-state index is 12.3. The van der Waals surface area contributed by atoms with E-state index in [2.05, 4.69) is 23.7 Å². The lowest BCUT2D eigenvalue weighted by atomic mass is 10.0. The van der Waals surface area contributed by atoms with Gasteiger partial charge in [-0.25, -0.2) is 13.1 Å². The van der Waals surface area contributed by atoms with E-state index in [0.29, 0.717) is 18.2 Å². The van der Waals surface area contributed by atoms with Crippen molar-refractivity contribution in [2.75, 3.05) is 0 Å². The number of rotatable bonds is 8. The van der Waals surface area contributed by atoms with Crippen molar-refractivity contribution in [3.05, 3.63) is 11.9 Å². The second kappa shape index (κ2) is 7.22. The third-order valence-electron chi connectivity index (χ3n) is 3.42. The zero-order chi connectivity index (χ0) is 15.3. The van der Waals surface area contributed by atoms with Gasteiger partial charge in [0.05, 0.1) is 11.9 Å². The molecule has 0 saturated heterocycles. The molecule has 116 valence electrons. The number of nitrogens with one attached hydrogen (secondary N) is 1. The number of nitrogens with zero attached hydrogens (tertiary/aromatic N) is 2. The first-order valence-corrected chi connectivity index (χ1v) is 8.81. The Kier molecular flexibility index (Phi) is 6.20. The molecule has 0 aliphatic heterocycles. The van der Waals surface area contributed by atoms with Gasteiger partial charge in [-0.1, -0.05) is 26.7 Å². The fourth-order valence-corrected chi connectivity index (χ4v) is 3.69. The lowest BCUT2D eigenvalue weighted by molar-refractivity contribution is 0.488. The normalized spacial score (nSPS) is 13.9. The zero-order valence-corrected chi connectivity index (χ0v) is 14.0. The predicted octanol–water partition coefficient (Wildman–Crippen LogP) is 2.70. The second-order valence-electron chi connectivity index (χ2n) is 5.76. The summed E-state index contributed by atoms with van der Waals surface area (Å²) in [5, 5.41) is 4.09. The second-order valence-corrected chi connectivity index (χ2v) is 7.44. The number of aryl methyl sites for hydroxylation is 1. The van der Waals surface area contributed by atoms with Gasteiger partial charge in [0.2, 0.25) is 10.0 Å². The molecule has 1 heterocycles. The highest BCUT2D eigenvalue weighted by Gasteiger charge is 2.22. The van der Waals surface area contributed by atoms with E-state index >= 15 is 0 Å². The summed E-state index contributed by atoms with van der Waals surface area (Å²) in [6.45, 7) is 10.7.